The van der Waals surface area contributed by atoms with E-state index in [2.05, 4.69) is 193 Å². The zero-order valence-electron chi connectivity index (χ0n) is 28.7. The van der Waals surface area contributed by atoms with Crippen molar-refractivity contribution in [3.05, 3.63) is 188 Å². The summed E-state index contributed by atoms with van der Waals surface area (Å²) in [6, 6.07) is 68.0. The van der Waals surface area contributed by atoms with Crippen LogP contribution >= 0.6 is 11.3 Å². The van der Waals surface area contributed by atoms with E-state index in [-0.39, 0.29) is 0 Å². The molecular weight excluding hydrogens is 663 g/mol. The Hall–Kier alpha value is -6.68. The third-order valence-corrected chi connectivity index (χ3v) is 11.8. The van der Waals surface area contributed by atoms with E-state index < -0.39 is 0 Å². The molecule has 0 spiro atoms. The first kappa shape index (κ1) is 30.0. The molecule has 11 rings (SSSR count). The van der Waals surface area contributed by atoms with Gasteiger partial charge in [0, 0.05) is 53.6 Å². The quantitative estimate of drug-likeness (QED) is 0.178. The lowest BCUT2D eigenvalue weighted by Crippen LogP contribution is -2.09. The lowest BCUT2D eigenvalue weighted by molar-refractivity contribution is 0.669. The molecule has 3 heteroatoms. The van der Waals surface area contributed by atoms with Crippen LogP contribution in [0.2, 0.25) is 0 Å². The molecule has 0 aliphatic rings. The number of hydrogen-bond acceptors (Lipinski definition) is 3. The fourth-order valence-electron chi connectivity index (χ4n) is 8.11. The molecule has 2 heterocycles. The smallest absolute Gasteiger partial charge is 0.136 e. The van der Waals surface area contributed by atoms with Crippen molar-refractivity contribution in [2.75, 3.05) is 4.90 Å². The second-order valence-electron chi connectivity index (χ2n) is 13.7. The maximum absolute atomic E-state index is 6.69. The molecular formula is C50H31NOS. The molecule has 53 heavy (non-hydrogen) atoms. The number of furan rings is 1. The van der Waals surface area contributed by atoms with Gasteiger partial charge in [0.2, 0.25) is 0 Å². The van der Waals surface area contributed by atoms with Gasteiger partial charge in [-0.2, -0.15) is 0 Å². The van der Waals surface area contributed by atoms with Crippen LogP contribution in [0.5, 0.6) is 0 Å². The first-order valence-corrected chi connectivity index (χ1v) is 18.8. The Kier molecular flexibility index (Phi) is 6.76. The molecule has 0 radical (unpaired) electrons. The second-order valence-corrected chi connectivity index (χ2v) is 14.8. The fraction of sp³-hybridized carbons (Fsp3) is 0. The molecule has 0 amide bonds. The van der Waals surface area contributed by atoms with Gasteiger partial charge in [0.05, 0.1) is 0 Å². The average molecular weight is 694 g/mol. The zero-order chi connectivity index (χ0) is 34.9. The van der Waals surface area contributed by atoms with Crippen LogP contribution in [0.1, 0.15) is 0 Å². The predicted molar refractivity (Wildman–Crippen MR) is 227 cm³/mol. The minimum atomic E-state index is 0.877. The Balaban J connectivity index is 1.10. The van der Waals surface area contributed by atoms with Gasteiger partial charge >= 0.3 is 0 Å². The SMILES string of the molecule is c1ccc(N(c2ccc(-c3ccc4ccccc4c3)cc2)c2ccc3oc4cc5ccccc5c(-c5ccc6sc7ccccc7c6c5)c4c3c2)cc1. The van der Waals surface area contributed by atoms with Crippen molar-refractivity contribution in [2.24, 2.45) is 0 Å². The van der Waals surface area contributed by atoms with Gasteiger partial charge in [-0.25, -0.2) is 0 Å². The monoisotopic (exact) mass is 693 g/mol. The summed E-state index contributed by atoms with van der Waals surface area (Å²) in [6.45, 7) is 0. The predicted octanol–water partition coefficient (Wildman–Crippen LogP) is 15.1. The van der Waals surface area contributed by atoms with E-state index in [0.717, 1.165) is 39.0 Å². The molecule has 0 saturated carbocycles. The minimum Gasteiger partial charge on any atom is -0.456 e. The number of anilines is 3. The summed E-state index contributed by atoms with van der Waals surface area (Å²) < 4.78 is 9.30. The van der Waals surface area contributed by atoms with Gasteiger partial charge in [-0.15, -0.1) is 11.3 Å². The molecule has 248 valence electrons. The van der Waals surface area contributed by atoms with Crippen LogP contribution in [0.25, 0.3) is 85.9 Å². The molecule has 0 bridgehead atoms. The minimum absolute atomic E-state index is 0.877. The van der Waals surface area contributed by atoms with Gasteiger partial charge in [0.15, 0.2) is 0 Å². The lowest BCUT2D eigenvalue weighted by atomic mass is 9.92. The Labute approximate surface area is 310 Å². The van der Waals surface area contributed by atoms with E-state index in [4.69, 9.17) is 4.42 Å². The van der Waals surface area contributed by atoms with E-state index in [0.29, 0.717) is 0 Å². The largest absolute Gasteiger partial charge is 0.456 e. The lowest BCUT2D eigenvalue weighted by Gasteiger charge is -2.25. The van der Waals surface area contributed by atoms with E-state index in [1.807, 2.05) is 11.3 Å². The van der Waals surface area contributed by atoms with Crippen molar-refractivity contribution in [3.8, 4) is 22.3 Å². The molecule has 0 atom stereocenters. The van der Waals surface area contributed by atoms with E-state index in [1.165, 1.54) is 64.0 Å². The van der Waals surface area contributed by atoms with Crippen LogP contribution in [0, 0.1) is 0 Å². The number of fused-ring (bicyclic) bond motifs is 8. The number of nitrogens with zero attached hydrogens (tertiary/aromatic N) is 1. The van der Waals surface area contributed by atoms with Gasteiger partial charge in [-0.05, 0) is 111 Å². The summed E-state index contributed by atoms with van der Waals surface area (Å²) >= 11 is 1.85. The van der Waals surface area contributed by atoms with Crippen molar-refractivity contribution in [1.29, 1.82) is 0 Å². The van der Waals surface area contributed by atoms with Crippen LogP contribution in [0.4, 0.5) is 17.1 Å². The van der Waals surface area contributed by atoms with Crippen LogP contribution < -0.4 is 4.90 Å². The Morgan fingerprint density at radius 3 is 1.89 bits per heavy atom. The highest BCUT2D eigenvalue weighted by atomic mass is 32.1. The van der Waals surface area contributed by atoms with Crippen LogP contribution in [0.15, 0.2) is 192 Å². The summed E-state index contributed by atoms with van der Waals surface area (Å²) in [6.07, 6.45) is 0. The summed E-state index contributed by atoms with van der Waals surface area (Å²) in [5.41, 5.74) is 9.83. The molecule has 11 aromatic rings. The average Bonchev–Trinajstić information content (AvgIpc) is 3.78. The molecule has 2 aromatic heterocycles. The Bertz CT molecular complexity index is 3170. The van der Waals surface area contributed by atoms with Crippen LogP contribution in [-0.2, 0) is 0 Å². The molecule has 0 N–H and O–H groups in total. The third kappa shape index (κ3) is 4.93. The number of benzene rings is 9. The third-order valence-electron chi connectivity index (χ3n) is 10.6. The molecule has 9 aromatic carbocycles. The zero-order valence-corrected chi connectivity index (χ0v) is 29.5. The van der Waals surface area contributed by atoms with Crippen molar-refractivity contribution < 1.29 is 4.42 Å². The highest BCUT2D eigenvalue weighted by Crippen LogP contribution is 2.46. The van der Waals surface area contributed by atoms with Crippen LogP contribution in [0.3, 0.4) is 0 Å². The van der Waals surface area contributed by atoms with Gasteiger partial charge in [-0.1, -0.05) is 115 Å². The molecule has 0 aliphatic heterocycles. The molecule has 0 aliphatic carbocycles. The first-order valence-electron chi connectivity index (χ1n) is 18.0. The van der Waals surface area contributed by atoms with Gasteiger partial charge in [0.1, 0.15) is 11.2 Å². The standard InChI is InChI=1S/C50H31NOS/c1-2-13-38(14-3-1)51(39-23-20-33(21-24-39)35-19-18-32-10-4-5-11-34(32)28-35)40-25-26-45-44(31-40)50-46(52-45)30-36-12-6-7-15-41(36)49(50)37-22-27-48-43(29-37)42-16-8-9-17-47(42)53-48/h1-31H. The van der Waals surface area contributed by atoms with Crippen LogP contribution in [-0.4, -0.2) is 0 Å². The normalized spacial score (nSPS) is 11.8. The Morgan fingerprint density at radius 1 is 0.358 bits per heavy atom. The topological polar surface area (TPSA) is 16.4 Å². The number of para-hydroxylation sites is 1. The summed E-state index contributed by atoms with van der Waals surface area (Å²) in [7, 11) is 0. The van der Waals surface area contributed by atoms with Crippen molar-refractivity contribution in [2.45, 2.75) is 0 Å². The highest BCUT2D eigenvalue weighted by molar-refractivity contribution is 7.25. The molecule has 2 nitrogen and oxygen atoms in total. The second kappa shape index (κ2) is 11.9. The fourth-order valence-corrected chi connectivity index (χ4v) is 9.19. The maximum atomic E-state index is 6.69. The van der Waals surface area contributed by atoms with Crippen molar-refractivity contribution in [1.82, 2.24) is 0 Å². The molecule has 0 saturated heterocycles. The van der Waals surface area contributed by atoms with Crippen molar-refractivity contribution >= 4 is 92.1 Å². The van der Waals surface area contributed by atoms with E-state index in [9.17, 15) is 0 Å². The van der Waals surface area contributed by atoms with E-state index in [1.54, 1.807) is 0 Å². The summed E-state index contributed by atoms with van der Waals surface area (Å²) in [5.74, 6) is 0. The maximum Gasteiger partial charge on any atom is 0.136 e. The van der Waals surface area contributed by atoms with Crippen molar-refractivity contribution in [3.63, 3.8) is 0 Å². The van der Waals surface area contributed by atoms with Gasteiger partial charge in [0.25, 0.3) is 0 Å². The molecule has 0 unspecified atom stereocenters. The summed E-state index contributed by atoms with van der Waals surface area (Å²) in [5, 5.41) is 9.72. The first-order chi connectivity index (χ1) is 26.2. The highest BCUT2D eigenvalue weighted by Gasteiger charge is 2.20. The Morgan fingerprint density at radius 2 is 1.02 bits per heavy atom. The number of thiophene rings is 1. The van der Waals surface area contributed by atoms with Gasteiger partial charge in [-0.3, -0.25) is 0 Å². The molecule has 0 fully saturated rings. The van der Waals surface area contributed by atoms with E-state index >= 15 is 0 Å². The van der Waals surface area contributed by atoms with Gasteiger partial charge < -0.3 is 9.32 Å². The summed E-state index contributed by atoms with van der Waals surface area (Å²) in [4.78, 5) is 2.34. The number of rotatable bonds is 5. The number of hydrogen-bond donors (Lipinski definition) is 0.